The SMILES string of the molecule is Cl.Cl.Nc1ccc(S(=O)(=O)N2CCNCC2)cc1. The summed E-state index contributed by atoms with van der Waals surface area (Å²) in [6.45, 7) is 2.45. The molecule has 18 heavy (non-hydrogen) atoms. The van der Waals surface area contributed by atoms with Crippen molar-refractivity contribution in [2.24, 2.45) is 0 Å². The molecular formula is C10H17Cl2N3O2S. The zero-order chi connectivity index (χ0) is 11.6. The molecule has 5 nitrogen and oxygen atoms in total. The zero-order valence-corrected chi connectivity index (χ0v) is 12.2. The minimum absolute atomic E-state index is 0. The maximum absolute atomic E-state index is 12.2. The van der Waals surface area contributed by atoms with Crippen LogP contribution in [0.25, 0.3) is 0 Å². The van der Waals surface area contributed by atoms with Crippen molar-refractivity contribution in [2.75, 3.05) is 31.9 Å². The third-order valence-electron chi connectivity index (χ3n) is 2.59. The molecule has 1 aromatic rings. The molecule has 0 aliphatic carbocycles. The van der Waals surface area contributed by atoms with Gasteiger partial charge >= 0.3 is 0 Å². The van der Waals surface area contributed by atoms with E-state index in [9.17, 15) is 8.42 Å². The maximum atomic E-state index is 12.2. The molecule has 8 heteroatoms. The number of rotatable bonds is 2. The minimum Gasteiger partial charge on any atom is -0.399 e. The zero-order valence-electron chi connectivity index (χ0n) is 9.70. The van der Waals surface area contributed by atoms with E-state index in [-0.39, 0.29) is 24.8 Å². The highest BCUT2D eigenvalue weighted by molar-refractivity contribution is 7.89. The van der Waals surface area contributed by atoms with E-state index in [2.05, 4.69) is 5.32 Å². The van der Waals surface area contributed by atoms with Crippen molar-refractivity contribution in [3.05, 3.63) is 24.3 Å². The quantitative estimate of drug-likeness (QED) is 0.788. The van der Waals surface area contributed by atoms with Gasteiger partial charge < -0.3 is 11.1 Å². The average Bonchev–Trinajstić information content (AvgIpc) is 2.31. The number of hydrogen-bond acceptors (Lipinski definition) is 4. The van der Waals surface area contributed by atoms with Gasteiger partial charge in [0.2, 0.25) is 10.0 Å². The Morgan fingerprint density at radius 3 is 2.06 bits per heavy atom. The molecule has 1 fully saturated rings. The van der Waals surface area contributed by atoms with Gasteiger partial charge in [-0.05, 0) is 24.3 Å². The Kier molecular flexibility index (Phi) is 6.94. The summed E-state index contributed by atoms with van der Waals surface area (Å²) in [5.74, 6) is 0. The lowest BCUT2D eigenvalue weighted by Gasteiger charge is -2.26. The molecule has 0 bridgehead atoms. The summed E-state index contributed by atoms with van der Waals surface area (Å²) in [7, 11) is -3.34. The third kappa shape index (κ3) is 3.73. The van der Waals surface area contributed by atoms with Crippen molar-refractivity contribution in [1.29, 1.82) is 0 Å². The predicted molar refractivity (Wildman–Crippen MR) is 77.0 cm³/mol. The van der Waals surface area contributed by atoms with E-state index in [1.807, 2.05) is 0 Å². The van der Waals surface area contributed by atoms with E-state index in [0.29, 0.717) is 36.8 Å². The second-order valence-electron chi connectivity index (χ2n) is 3.72. The Morgan fingerprint density at radius 2 is 1.56 bits per heavy atom. The van der Waals surface area contributed by atoms with Crippen LogP contribution in [0.1, 0.15) is 0 Å². The van der Waals surface area contributed by atoms with Gasteiger partial charge in [0.15, 0.2) is 0 Å². The lowest BCUT2D eigenvalue weighted by atomic mass is 10.3. The number of nitrogens with one attached hydrogen (secondary N) is 1. The summed E-state index contributed by atoms with van der Waals surface area (Å²) in [5, 5.41) is 3.12. The van der Waals surface area contributed by atoms with Crippen LogP contribution in [0.4, 0.5) is 5.69 Å². The van der Waals surface area contributed by atoms with E-state index in [0.717, 1.165) is 0 Å². The van der Waals surface area contributed by atoms with Gasteiger partial charge in [0.05, 0.1) is 4.90 Å². The van der Waals surface area contributed by atoms with Crippen LogP contribution in [0.3, 0.4) is 0 Å². The van der Waals surface area contributed by atoms with Crippen LogP contribution in [-0.4, -0.2) is 38.9 Å². The molecule has 2 rings (SSSR count). The van der Waals surface area contributed by atoms with Crippen LogP contribution in [0.5, 0.6) is 0 Å². The van der Waals surface area contributed by atoms with Gasteiger partial charge in [0, 0.05) is 31.9 Å². The molecule has 0 spiro atoms. The molecule has 0 amide bonds. The molecule has 0 saturated carbocycles. The molecule has 1 heterocycles. The standard InChI is InChI=1S/C10H15N3O2S.2ClH/c11-9-1-3-10(4-2-9)16(14,15)13-7-5-12-6-8-13;;/h1-4,12H,5-8,11H2;2*1H. The lowest BCUT2D eigenvalue weighted by Crippen LogP contribution is -2.46. The van der Waals surface area contributed by atoms with Gasteiger partial charge in [0.25, 0.3) is 0 Å². The first kappa shape index (κ1) is 17.5. The summed E-state index contributed by atoms with van der Waals surface area (Å²) in [6, 6.07) is 6.31. The largest absolute Gasteiger partial charge is 0.399 e. The van der Waals surface area contributed by atoms with Gasteiger partial charge in [0.1, 0.15) is 0 Å². The number of benzene rings is 1. The van der Waals surface area contributed by atoms with E-state index < -0.39 is 10.0 Å². The van der Waals surface area contributed by atoms with Gasteiger partial charge in [-0.1, -0.05) is 0 Å². The molecule has 3 N–H and O–H groups in total. The molecule has 0 aromatic heterocycles. The summed E-state index contributed by atoms with van der Waals surface area (Å²) in [6.07, 6.45) is 0. The van der Waals surface area contributed by atoms with Crippen molar-refractivity contribution in [3.63, 3.8) is 0 Å². The second kappa shape index (κ2) is 7.16. The molecule has 0 radical (unpaired) electrons. The number of nitrogens with two attached hydrogens (primary N) is 1. The van der Waals surface area contributed by atoms with Crippen molar-refractivity contribution < 1.29 is 8.42 Å². The number of nitrogens with zero attached hydrogens (tertiary/aromatic N) is 1. The highest BCUT2D eigenvalue weighted by Gasteiger charge is 2.25. The van der Waals surface area contributed by atoms with Crippen LogP contribution in [-0.2, 0) is 10.0 Å². The molecule has 0 unspecified atom stereocenters. The van der Waals surface area contributed by atoms with Crippen molar-refractivity contribution >= 4 is 40.5 Å². The number of piperazine rings is 1. The van der Waals surface area contributed by atoms with Crippen LogP contribution in [0, 0.1) is 0 Å². The number of anilines is 1. The van der Waals surface area contributed by atoms with Gasteiger partial charge in [-0.3, -0.25) is 0 Å². The second-order valence-corrected chi connectivity index (χ2v) is 5.66. The van der Waals surface area contributed by atoms with E-state index in [1.165, 1.54) is 4.31 Å². The number of hydrogen-bond donors (Lipinski definition) is 2. The Balaban J connectivity index is 0.00000144. The maximum Gasteiger partial charge on any atom is 0.243 e. The Labute approximate surface area is 120 Å². The van der Waals surface area contributed by atoms with E-state index >= 15 is 0 Å². The van der Waals surface area contributed by atoms with Crippen LogP contribution in [0.2, 0.25) is 0 Å². The molecule has 104 valence electrons. The summed E-state index contributed by atoms with van der Waals surface area (Å²) in [4.78, 5) is 0.309. The average molecular weight is 314 g/mol. The third-order valence-corrected chi connectivity index (χ3v) is 4.51. The fourth-order valence-corrected chi connectivity index (χ4v) is 3.11. The Morgan fingerprint density at radius 1 is 1.06 bits per heavy atom. The predicted octanol–water partition coefficient (Wildman–Crippen LogP) is 0.706. The molecule has 1 aliphatic heterocycles. The fraction of sp³-hybridized carbons (Fsp3) is 0.400. The highest BCUT2D eigenvalue weighted by Crippen LogP contribution is 2.17. The normalized spacial score (nSPS) is 16.4. The number of sulfonamides is 1. The van der Waals surface area contributed by atoms with E-state index in [1.54, 1.807) is 24.3 Å². The van der Waals surface area contributed by atoms with Crippen LogP contribution >= 0.6 is 24.8 Å². The first-order valence-corrected chi connectivity index (χ1v) is 6.61. The van der Waals surface area contributed by atoms with E-state index in [4.69, 9.17) is 5.73 Å². The first-order valence-electron chi connectivity index (χ1n) is 5.17. The van der Waals surface area contributed by atoms with Crippen molar-refractivity contribution in [1.82, 2.24) is 9.62 Å². The summed E-state index contributed by atoms with van der Waals surface area (Å²) >= 11 is 0. The summed E-state index contributed by atoms with van der Waals surface area (Å²) in [5.41, 5.74) is 6.10. The Hall–Kier alpha value is -0.530. The van der Waals surface area contributed by atoms with Gasteiger partial charge in [-0.15, -0.1) is 24.8 Å². The highest BCUT2D eigenvalue weighted by atomic mass is 35.5. The lowest BCUT2D eigenvalue weighted by molar-refractivity contribution is 0.360. The minimum atomic E-state index is -3.34. The molecule has 0 atom stereocenters. The Bertz CT molecular complexity index is 459. The van der Waals surface area contributed by atoms with Crippen LogP contribution in [0.15, 0.2) is 29.2 Å². The molecular weight excluding hydrogens is 297 g/mol. The fourth-order valence-electron chi connectivity index (χ4n) is 1.67. The topological polar surface area (TPSA) is 75.4 Å². The van der Waals surface area contributed by atoms with Gasteiger partial charge in [-0.2, -0.15) is 4.31 Å². The van der Waals surface area contributed by atoms with Crippen LogP contribution < -0.4 is 11.1 Å². The van der Waals surface area contributed by atoms with Crippen molar-refractivity contribution in [2.45, 2.75) is 4.90 Å². The number of nitrogen functional groups attached to an aromatic ring is 1. The first-order chi connectivity index (χ1) is 7.60. The summed E-state index contributed by atoms with van der Waals surface area (Å²) < 4.78 is 25.8. The molecule has 1 aliphatic rings. The smallest absolute Gasteiger partial charge is 0.243 e. The number of halogens is 2. The van der Waals surface area contributed by atoms with Crippen molar-refractivity contribution in [3.8, 4) is 0 Å². The monoisotopic (exact) mass is 313 g/mol. The molecule has 1 saturated heterocycles. The molecule has 1 aromatic carbocycles. The van der Waals surface area contributed by atoms with Gasteiger partial charge in [-0.25, -0.2) is 8.42 Å².